The fraction of sp³-hybridized carbons (Fsp3) is 0.526. The number of aliphatic carboxylic acids is 1. The van der Waals surface area contributed by atoms with Crippen molar-refractivity contribution < 1.29 is 19.5 Å². The zero-order valence-corrected chi connectivity index (χ0v) is 15.6. The van der Waals surface area contributed by atoms with Gasteiger partial charge in [-0.05, 0) is 50.5 Å². The number of benzene rings is 1. The number of carbonyl (C=O) groups excluding carboxylic acids is 2. The van der Waals surface area contributed by atoms with Crippen molar-refractivity contribution >= 4 is 23.6 Å². The van der Waals surface area contributed by atoms with Gasteiger partial charge in [0.25, 0.3) is 5.91 Å². The number of nitrogens with zero attached hydrogens (tertiary/aromatic N) is 2. The van der Waals surface area contributed by atoms with E-state index < -0.39 is 11.9 Å². The molecule has 1 aliphatic rings. The van der Waals surface area contributed by atoms with E-state index in [1.165, 1.54) is 0 Å². The number of carbonyl (C=O) groups is 3. The van der Waals surface area contributed by atoms with Gasteiger partial charge in [-0.1, -0.05) is 6.92 Å². The first kappa shape index (κ1) is 19.8. The van der Waals surface area contributed by atoms with Gasteiger partial charge in [-0.2, -0.15) is 0 Å². The molecule has 1 aromatic rings. The molecule has 2 rings (SSSR count). The van der Waals surface area contributed by atoms with E-state index in [1.54, 1.807) is 34.1 Å². The van der Waals surface area contributed by atoms with Crippen molar-refractivity contribution in [3.63, 3.8) is 0 Å². The van der Waals surface area contributed by atoms with E-state index in [4.69, 9.17) is 0 Å². The van der Waals surface area contributed by atoms with E-state index in [0.717, 1.165) is 0 Å². The molecule has 0 aromatic heterocycles. The number of anilines is 1. The Morgan fingerprint density at radius 1 is 1.15 bits per heavy atom. The predicted octanol–water partition coefficient (Wildman–Crippen LogP) is 2.74. The van der Waals surface area contributed by atoms with Gasteiger partial charge in [-0.15, -0.1) is 0 Å². The lowest BCUT2D eigenvalue weighted by Crippen LogP contribution is -2.47. The topological polar surface area (TPSA) is 90.0 Å². The maximum absolute atomic E-state index is 12.4. The minimum atomic E-state index is -0.867. The Bertz CT molecular complexity index is 655. The van der Waals surface area contributed by atoms with Gasteiger partial charge in [0.15, 0.2) is 0 Å². The lowest BCUT2D eigenvalue weighted by atomic mass is 9.91. The Hall–Kier alpha value is -2.57. The molecule has 142 valence electrons. The number of amides is 3. The molecule has 2 N–H and O–H groups in total. The fourth-order valence-electron chi connectivity index (χ4n) is 3.29. The summed E-state index contributed by atoms with van der Waals surface area (Å²) in [6, 6.07) is 6.45. The normalized spacial score (nSPS) is 19.7. The van der Waals surface area contributed by atoms with Crippen molar-refractivity contribution in [1.29, 1.82) is 0 Å². The Balaban J connectivity index is 2.01. The number of carboxylic acid groups (broad SMARTS) is 1. The van der Waals surface area contributed by atoms with E-state index >= 15 is 0 Å². The summed E-state index contributed by atoms with van der Waals surface area (Å²) in [5.41, 5.74) is 1.15. The van der Waals surface area contributed by atoms with Crippen LogP contribution in [0.15, 0.2) is 24.3 Å². The summed E-state index contributed by atoms with van der Waals surface area (Å²) in [5.74, 6) is -1.29. The van der Waals surface area contributed by atoms with Crippen LogP contribution >= 0.6 is 0 Å². The molecular weight excluding hydrogens is 334 g/mol. The van der Waals surface area contributed by atoms with Crippen LogP contribution in [0.25, 0.3) is 0 Å². The molecule has 1 fully saturated rings. The number of likely N-dealkylation sites (tertiary alicyclic amines) is 1. The van der Waals surface area contributed by atoms with E-state index in [0.29, 0.717) is 37.3 Å². The van der Waals surface area contributed by atoms with Gasteiger partial charge in [-0.25, -0.2) is 4.79 Å². The molecule has 7 heteroatoms. The second-order valence-electron chi connectivity index (χ2n) is 6.77. The molecule has 0 radical (unpaired) electrons. The van der Waals surface area contributed by atoms with Crippen LogP contribution in [0.3, 0.4) is 0 Å². The van der Waals surface area contributed by atoms with Crippen molar-refractivity contribution in [1.82, 2.24) is 9.80 Å². The van der Waals surface area contributed by atoms with Crippen molar-refractivity contribution in [2.75, 3.05) is 31.5 Å². The van der Waals surface area contributed by atoms with Crippen LogP contribution in [0.2, 0.25) is 0 Å². The summed E-state index contributed by atoms with van der Waals surface area (Å²) < 4.78 is 0. The lowest BCUT2D eigenvalue weighted by Gasteiger charge is -2.34. The van der Waals surface area contributed by atoms with E-state index in [1.807, 2.05) is 20.8 Å². The van der Waals surface area contributed by atoms with Crippen LogP contribution in [-0.2, 0) is 4.79 Å². The summed E-state index contributed by atoms with van der Waals surface area (Å²) in [4.78, 5) is 39.3. The summed E-state index contributed by atoms with van der Waals surface area (Å²) >= 11 is 0. The first-order chi connectivity index (χ1) is 12.3. The Kier molecular flexibility index (Phi) is 6.60. The molecule has 1 aromatic carbocycles. The predicted molar refractivity (Wildman–Crippen MR) is 99.2 cm³/mol. The van der Waals surface area contributed by atoms with Crippen molar-refractivity contribution in [3.8, 4) is 0 Å². The highest BCUT2D eigenvalue weighted by atomic mass is 16.4. The molecule has 2 atom stereocenters. The van der Waals surface area contributed by atoms with E-state index in [-0.39, 0.29) is 24.4 Å². The summed E-state index contributed by atoms with van der Waals surface area (Å²) in [5, 5.41) is 12.0. The van der Waals surface area contributed by atoms with Gasteiger partial charge in [0.2, 0.25) is 0 Å². The monoisotopic (exact) mass is 361 g/mol. The molecule has 0 bridgehead atoms. The second kappa shape index (κ2) is 8.69. The maximum Gasteiger partial charge on any atom is 0.321 e. The third kappa shape index (κ3) is 4.74. The number of rotatable bonds is 5. The molecule has 0 aliphatic carbocycles. The molecule has 7 nitrogen and oxygen atoms in total. The van der Waals surface area contributed by atoms with Crippen LogP contribution in [0.5, 0.6) is 0 Å². The summed E-state index contributed by atoms with van der Waals surface area (Å²) in [6.07, 6.45) is 0.585. The summed E-state index contributed by atoms with van der Waals surface area (Å²) in [7, 11) is 0. The smallest absolute Gasteiger partial charge is 0.321 e. The zero-order chi connectivity index (χ0) is 19.3. The molecule has 0 spiro atoms. The van der Waals surface area contributed by atoms with Gasteiger partial charge >= 0.3 is 12.0 Å². The molecule has 1 aliphatic heterocycles. The minimum Gasteiger partial charge on any atom is -0.481 e. The van der Waals surface area contributed by atoms with Gasteiger partial charge in [0.1, 0.15) is 0 Å². The van der Waals surface area contributed by atoms with Crippen molar-refractivity contribution in [3.05, 3.63) is 29.8 Å². The molecule has 26 heavy (non-hydrogen) atoms. The molecule has 0 saturated carbocycles. The molecule has 1 saturated heterocycles. The Morgan fingerprint density at radius 2 is 1.77 bits per heavy atom. The minimum absolute atomic E-state index is 0.0398. The van der Waals surface area contributed by atoms with Crippen LogP contribution in [-0.4, -0.2) is 59.0 Å². The standard InChI is InChI=1S/C19H27N3O4/c1-4-21(5-2)17(23)14-6-8-16(9-7-14)20-19(26)22-11-13(3)10-15(12-22)18(24)25/h6-9,13,15H,4-5,10-12H2,1-3H3,(H,20,26)(H,24,25). The van der Waals surface area contributed by atoms with Crippen molar-refractivity contribution in [2.24, 2.45) is 11.8 Å². The number of hydrogen-bond donors (Lipinski definition) is 2. The molecular formula is C19H27N3O4. The molecule has 2 unspecified atom stereocenters. The van der Waals surface area contributed by atoms with Crippen LogP contribution < -0.4 is 5.32 Å². The van der Waals surface area contributed by atoms with Gasteiger partial charge in [-0.3, -0.25) is 9.59 Å². The highest BCUT2D eigenvalue weighted by molar-refractivity contribution is 5.95. The highest BCUT2D eigenvalue weighted by Crippen LogP contribution is 2.22. The number of piperidine rings is 1. The quantitative estimate of drug-likeness (QED) is 0.844. The number of urea groups is 1. The number of hydrogen-bond acceptors (Lipinski definition) is 3. The largest absolute Gasteiger partial charge is 0.481 e. The second-order valence-corrected chi connectivity index (χ2v) is 6.77. The van der Waals surface area contributed by atoms with E-state index in [2.05, 4.69) is 5.32 Å². The Labute approximate surface area is 154 Å². The molecule has 3 amide bonds. The van der Waals surface area contributed by atoms with Crippen LogP contribution in [0.1, 0.15) is 37.6 Å². The lowest BCUT2D eigenvalue weighted by molar-refractivity contribution is -0.143. The van der Waals surface area contributed by atoms with Gasteiger partial charge in [0, 0.05) is 37.4 Å². The SMILES string of the molecule is CCN(CC)C(=O)c1ccc(NC(=O)N2CC(C)CC(C(=O)O)C2)cc1. The maximum atomic E-state index is 12.4. The van der Waals surface area contributed by atoms with Crippen LogP contribution in [0.4, 0.5) is 10.5 Å². The summed E-state index contributed by atoms with van der Waals surface area (Å²) in [6.45, 7) is 7.85. The first-order valence-corrected chi connectivity index (χ1v) is 9.03. The third-order valence-corrected chi connectivity index (χ3v) is 4.73. The Morgan fingerprint density at radius 3 is 2.31 bits per heavy atom. The number of nitrogens with one attached hydrogen (secondary N) is 1. The van der Waals surface area contributed by atoms with E-state index in [9.17, 15) is 19.5 Å². The average Bonchev–Trinajstić information content (AvgIpc) is 2.62. The fourth-order valence-corrected chi connectivity index (χ4v) is 3.29. The average molecular weight is 361 g/mol. The first-order valence-electron chi connectivity index (χ1n) is 9.03. The van der Waals surface area contributed by atoms with Gasteiger partial charge < -0.3 is 20.2 Å². The van der Waals surface area contributed by atoms with Gasteiger partial charge in [0.05, 0.1) is 5.92 Å². The van der Waals surface area contributed by atoms with Crippen LogP contribution in [0, 0.1) is 11.8 Å². The van der Waals surface area contributed by atoms with Crippen molar-refractivity contribution in [2.45, 2.75) is 27.2 Å². The number of carboxylic acids is 1. The third-order valence-electron chi connectivity index (χ3n) is 4.73. The highest BCUT2D eigenvalue weighted by Gasteiger charge is 2.31. The molecule has 1 heterocycles. The zero-order valence-electron chi connectivity index (χ0n) is 15.6.